The first kappa shape index (κ1) is 24.6. The Labute approximate surface area is 218 Å². The van der Waals surface area contributed by atoms with E-state index in [1.807, 2.05) is 41.3 Å². The summed E-state index contributed by atoms with van der Waals surface area (Å²) in [4.78, 5) is 30.0. The SMILES string of the molecule is O=C(c1ccc(-c2cc(Cl)c(CC3CCN(C4CCCCC4)C3=O)c(Cl)c2)cc1)N1CCCCC1. The fraction of sp³-hybridized carbons (Fsp3) is 0.517. The molecule has 1 unspecified atom stereocenters. The molecule has 6 heteroatoms. The standard InChI is InChI=1S/C29H34Cl2N2O2/c30-26-18-23(20-9-11-21(12-10-20)28(34)32-14-5-2-6-15-32)19-27(31)25(26)17-22-13-16-33(29(22)35)24-7-3-1-4-8-24/h9-12,18-19,22,24H,1-8,13-17H2. The van der Waals surface area contributed by atoms with Gasteiger partial charge in [0.15, 0.2) is 0 Å². The fourth-order valence-corrected chi connectivity index (χ4v) is 6.64. The largest absolute Gasteiger partial charge is 0.339 e. The van der Waals surface area contributed by atoms with Gasteiger partial charge in [0.05, 0.1) is 0 Å². The minimum absolute atomic E-state index is 0.0436. The molecule has 0 spiro atoms. The highest BCUT2D eigenvalue weighted by atomic mass is 35.5. The molecule has 2 heterocycles. The molecule has 0 radical (unpaired) electrons. The highest BCUT2D eigenvalue weighted by Gasteiger charge is 2.36. The van der Waals surface area contributed by atoms with Crippen LogP contribution in [-0.2, 0) is 11.2 Å². The fourth-order valence-electron chi connectivity index (χ4n) is 6.00. The van der Waals surface area contributed by atoms with Gasteiger partial charge in [-0.3, -0.25) is 9.59 Å². The number of carbonyl (C=O) groups is 2. The van der Waals surface area contributed by atoms with Crippen molar-refractivity contribution in [1.29, 1.82) is 0 Å². The van der Waals surface area contributed by atoms with Crippen molar-refractivity contribution in [2.24, 2.45) is 5.92 Å². The number of likely N-dealkylation sites (tertiary alicyclic amines) is 2. The summed E-state index contributed by atoms with van der Waals surface area (Å²) < 4.78 is 0. The molecule has 2 saturated heterocycles. The zero-order chi connectivity index (χ0) is 24.4. The van der Waals surface area contributed by atoms with Crippen molar-refractivity contribution in [3.05, 3.63) is 57.6 Å². The molecule has 2 aliphatic heterocycles. The lowest BCUT2D eigenvalue weighted by Gasteiger charge is -2.31. The topological polar surface area (TPSA) is 40.6 Å². The van der Waals surface area contributed by atoms with Gasteiger partial charge in [-0.15, -0.1) is 0 Å². The summed E-state index contributed by atoms with van der Waals surface area (Å²) in [6, 6.07) is 12.0. The molecule has 3 aliphatic rings. The Bertz CT molecular complexity index is 1050. The Morgan fingerprint density at radius 3 is 2.09 bits per heavy atom. The van der Waals surface area contributed by atoms with E-state index in [0.29, 0.717) is 28.1 Å². The Hall–Kier alpha value is -2.04. The third-order valence-corrected chi connectivity index (χ3v) is 8.74. The van der Waals surface area contributed by atoms with Crippen LogP contribution in [0.2, 0.25) is 10.0 Å². The van der Waals surface area contributed by atoms with Gasteiger partial charge in [-0.05, 0) is 85.9 Å². The van der Waals surface area contributed by atoms with E-state index in [1.54, 1.807) is 0 Å². The molecular formula is C29H34Cl2N2O2. The predicted molar refractivity (Wildman–Crippen MR) is 142 cm³/mol. The smallest absolute Gasteiger partial charge is 0.253 e. The van der Waals surface area contributed by atoms with Crippen LogP contribution in [0.3, 0.4) is 0 Å². The maximum Gasteiger partial charge on any atom is 0.253 e. The van der Waals surface area contributed by atoms with Crippen LogP contribution < -0.4 is 0 Å². The Morgan fingerprint density at radius 2 is 1.43 bits per heavy atom. The molecule has 4 nitrogen and oxygen atoms in total. The quantitative estimate of drug-likeness (QED) is 0.432. The number of hydrogen-bond acceptors (Lipinski definition) is 2. The van der Waals surface area contributed by atoms with Gasteiger partial charge < -0.3 is 9.80 Å². The molecule has 5 rings (SSSR count). The summed E-state index contributed by atoms with van der Waals surface area (Å²) in [7, 11) is 0. The second kappa shape index (κ2) is 10.9. The van der Waals surface area contributed by atoms with E-state index < -0.39 is 0 Å². The molecule has 1 atom stereocenters. The summed E-state index contributed by atoms with van der Waals surface area (Å²) in [5.74, 6) is 0.325. The second-order valence-electron chi connectivity index (χ2n) is 10.4. The number of carbonyl (C=O) groups excluding carboxylic acids is 2. The molecule has 2 aromatic carbocycles. The number of hydrogen-bond donors (Lipinski definition) is 0. The van der Waals surface area contributed by atoms with Crippen LogP contribution in [0.5, 0.6) is 0 Å². The molecular weight excluding hydrogens is 479 g/mol. The van der Waals surface area contributed by atoms with Gasteiger partial charge in [0, 0.05) is 47.2 Å². The van der Waals surface area contributed by atoms with Gasteiger partial charge in [0.25, 0.3) is 5.91 Å². The van der Waals surface area contributed by atoms with Crippen LogP contribution in [0.25, 0.3) is 11.1 Å². The number of piperidine rings is 1. The van der Waals surface area contributed by atoms with E-state index >= 15 is 0 Å². The zero-order valence-electron chi connectivity index (χ0n) is 20.3. The highest BCUT2D eigenvalue weighted by Crippen LogP contribution is 2.36. The minimum Gasteiger partial charge on any atom is -0.339 e. The van der Waals surface area contributed by atoms with Gasteiger partial charge >= 0.3 is 0 Å². The van der Waals surface area contributed by atoms with Crippen LogP contribution in [0.1, 0.15) is 73.7 Å². The van der Waals surface area contributed by atoms with E-state index in [1.165, 1.54) is 25.7 Å². The van der Waals surface area contributed by atoms with Gasteiger partial charge in [0.1, 0.15) is 0 Å². The van der Waals surface area contributed by atoms with Crippen molar-refractivity contribution in [3.8, 4) is 11.1 Å². The molecule has 35 heavy (non-hydrogen) atoms. The average Bonchev–Trinajstić information content (AvgIpc) is 3.26. The van der Waals surface area contributed by atoms with Crippen LogP contribution >= 0.6 is 23.2 Å². The third-order valence-electron chi connectivity index (χ3n) is 8.07. The van der Waals surface area contributed by atoms with Crippen LogP contribution in [0.15, 0.2) is 36.4 Å². The van der Waals surface area contributed by atoms with Crippen molar-refractivity contribution in [2.45, 2.75) is 70.3 Å². The normalized spacial score (nSPS) is 21.5. The van der Waals surface area contributed by atoms with Crippen LogP contribution in [-0.4, -0.2) is 47.3 Å². The lowest BCUT2D eigenvalue weighted by Crippen LogP contribution is -2.39. The molecule has 186 valence electrons. The molecule has 2 amide bonds. The molecule has 0 N–H and O–H groups in total. The van der Waals surface area contributed by atoms with Gasteiger partial charge in [-0.1, -0.05) is 54.6 Å². The summed E-state index contributed by atoms with van der Waals surface area (Å²) >= 11 is 13.4. The molecule has 2 aromatic rings. The van der Waals surface area contributed by atoms with Gasteiger partial charge in [-0.25, -0.2) is 0 Å². The highest BCUT2D eigenvalue weighted by molar-refractivity contribution is 6.36. The van der Waals surface area contributed by atoms with Gasteiger partial charge in [0.2, 0.25) is 5.91 Å². The van der Waals surface area contributed by atoms with E-state index in [9.17, 15) is 9.59 Å². The lowest BCUT2D eigenvalue weighted by atomic mass is 9.93. The molecule has 1 aliphatic carbocycles. The molecule has 0 aromatic heterocycles. The zero-order valence-corrected chi connectivity index (χ0v) is 21.8. The van der Waals surface area contributed by atoms with Crippen molar-refractivity contribution >= 4 is 35.0 Å². The first-order chi connectivity index (χ1) is 17.0. The van der Waals surface area contributed by atoms with E-state index in [4.69, 9.17) is 23.2 Å². The first-order valence-electron chi connectivity index (χ1n) is 13.2. The maximum atomic E-state index is 13.1. The molecule has 0 bridgehead atoms. The van der Waals surface area contributed by atoms with Crippen molar-refractivity contribution < 1.29 is 9.59 Å². The first-order valence-corrected chi connectivity index (χ1v) is 13.9. The molecule has 1 saturated carbocycles. The maximum absolute atomic E-state index is 13.1. The van der Waals surface area contributed by atoms with Crippen molar-refractivity contribution in [2.75, 3.05) is 19.6 Å². The number of amides is 2. The number of halogens is 2. The predicted octanol–water partition coefficient (Wildman–Crippen LogP) is 7.01. The average molecular weight is 514 g/mol. The minimum atomic E-state index is -0.0436. The second-order valence-corrected chi connectivity index (χ2v) is 11.2. The third kappa shape index (κ3) is 5.39. The van der Waals surface area contributed by atoms with Crippen molar-refractivity contribution in [1.82, 2.24) is 9.80 Å². The lowest BCUT2D eigenvalue weighted by molar-refractivity contribution is -0.133. The van der Waals surface area contributed by atoms with E-state index in [-0.39, 0.29) is 17.7 Å². The number of benzene rings is 2. The van der Waals surface area contributed by atoms with Crippen LogP contribution in [0.4, 0.5) is 0 Å². The van der Waals surface area contributed by atoms with E-state index in [0.717, 1.165) is 68.4 Å². The van der Waals surface area contributed by atoms with Crippen LogP contribution in [0, 0.1) is 5.92 Å². The summed E-state index contributed by atoms with van der Waals surface area (Å²) in [6.45, 7) is 2.54. The van der Waals surface area contributed by atoms with E-state index in [2.05, 4.69) is 4.90 Å². The number of rotatable bonds is 5. The Kier molecular flexibility index (Phi) is 7.69. The Morgan fingerprint density at radius 1 is 0.800 bits per heavy atom. The molecule has 3 fully saturated rings. The monoisotopic (exact) mass is 512 g/mol. The number of nitrogens with zero attached hydrogens (tertiary/aromatic N) is 2. The summed E-state index contributed by atoms with van der Waals surface area (Å²) in [5.41, 5.74) is 3.46. The van der Waals surface area contributed by atoms with Gasteiger partial charge in [-0.2, -0.15) is 0 Å². The van der Waals surface area contributed by atoms with Crippen molar-refractivity contribution in [3.63, 3.8) is 0 Å². The Balaban J connectivity index is 1.27. The summed E-state index contributed by atoms with van der Waals surface area (Å²) in [6.07, 6.45) is 10.8. The summed E-state index contributed by atoms with van der Waals surface area (Å²) in [5, 5.41) is 1.20.